The molecule has 1 aromatic heterocycles. The molecule has 1 saturated heterocycles. The number of carbonyl (C=O) groups excluding carboxylic acids is 4. The first-order chi connectivity index (χ1) is 17.2. The number of nitrogens with one attached hydrogen (secondary N) is 2. The van der Waals surface area contributed by atoms with E-state index in [0.717, 1.165) is 5.56 Å². The second kappa shape index (κ2) is 8.80. The number of imide groups is 1. The summed E-state index contributed by atoms with van der Waals surface area (Å²) in [5.74, 6) is -0.840. The molecule has 2 aliphatic rings. The Hall–Kier alpha value is -4.18. The van der Waals surface area contributed by atoms with Crippen molar-refractivity contribution in [3.63, 3.8) is 0 Å². The third-order valence-corrected chi connectivity index (χ3v) is 6.62. The number of aliphatic hydroxyl groups is 1. The highest BCUT2D eigenvalue weighted by Crippen LogP contribution is 2.39. The number of hydrogen-bond donors (Lipinski definition) is 3. The lowest BCUT2D eigenvalue weighted by molar-refractivity contribution is -0.127. The highest BCUT2D eigenvalue weighted by Gasteiger charge is 2.53. The summed E-state index contributed by atoms with van der Waals surface area (Å²) in [6, 6.07) is 11.7. The lowest BCUT2D eigenvalue weighted by Crippen LogP contribution is -2.46. The van der Waals surface area contributed by atoms with Crippen molar-refractivity contribution in [3.8, 4) is 5.75 Å². The van der Waals surface area contributed by atoms with Gasteiger partial charge in [0.2, 0.25) is 11.8 Å². The van der Waals surface area contributed by atoms with Crippen LogP contribution in [0, 0.1) is 0 Å². The Morgan fingerprint density at radius 2 is 2.03 bits per heavy atom. The van der Waals surface area contributed by atoms with Gasteiger partial charge < -0.3 is 24.5 Å². The maximum absolute atomic E-state index is 13.2. The van der Waals surface area contributed by atoms with Gasteiger partial charge in [0.05, 0.1) is 19.6 Å². The number of aliphatic hydroxyl groups excluding tert-OH is 1. The van der Waals surface area contributed by atoms with E-state index in [2.05, 4.69) is 10.6 Å². The Morgan fingerprint density at radius 3 is 2.72 bits per heavy atom. The number of ether oxygens (including phenoxy) is 1. The molecular weight excluding hydrogens is 466 g/mol. The third-order valence-electron chi connectivity index (χ3n) is 6.62. The molecule has 3 N–H and O–H groups in total. The van der Waals surface area contributed by atoms with E-state index in [0.29, 0.717) is 27.8 Å². The molecule has 1 fully saturated rings. The Balaban J connectivity index is 1.48. The van der Waals surface area contributed by atoms with Gasteiger partial charge in [0.25, 0.3) is 11.8 Å². The molecule has 2 aromatic carbocycles. The molecule has 2 aliphatic heterocycles. The molecule has 0 saturated carbocycles. The van der Waals surface area contributed by atoms with Crippen molar-refractivity contribution in [1.29, 1.82) is 0 Å². The van der Waals surface area contributed by atoms with Crippen molar-refractivity contribution in [2.75, 3.05) is 20.2 Å². The largest absolute Gasteiger partial charge is 0.497 e. The van der Waals surface area contributed by atoms with Crippen LogP contribution in [0.1, 0.15) is 45.4 Å². The van der Waals surface area contributed by atoms with Crippen LogP contribution in [0.15, 0.2) is 46.9 Å². The van der Waals surface area contributed by atoms with Gasteiger partial charge in [-0.1, -0.05) is 12.1 Å². The van der Waals surface area contributed by atoms with E-state index >= 15 is 0 Å². The molecule has 186 valence electrons. The molecule has 0 radical (unpaired) electrons. The topological polar surface area (TPSA) is 138 Å². The van der Waals surface area contributed by atoms with E-state index in [-0.39, 0.29) is 43.6 Å². The zero-order chi connectivity index (χ0) is 25.6. The first-order valence-electron chi connectivity index (χ1n) is 11.5. The van der Waals surface area contributed by atoms with Crippen molar-refractivity contribution in [3.05, 3.63) is 64.9 Å². The van der Waals surface area contributed by atoms with Crippen LogP contribution in [-0.4, -0.2) is 59.9 Å². The molecular formula is C26H25N3O7. The zero-order valence-corrected chi connectivity index (χ0v) is 19.8. The normalized spacial score (nSPS) is 20.0. The molecule has 4 amide bonds. The lowest BCUT2D eigenvalue weighted by Gasteiger charge is -2.28. The molecule has 2 atom stereocenters. The smallest absolute Gasteiger partial charge is 0.254 e. The number of nitrogens with zero attached hydrogens (tertiary/aromatic N) is 1. The van der Waals surface area contributed by atoms with Crippen molar-refractivity contribution in [2.45, 2.75) is 31.4 Å². The number of rotatable bonds is 7. The third kappa shape index (κ3) is 3.99. The number of fused-ring (bicyclic) bond motifs is 2. The summed E-state index contributed by atoms with van der Waals surface area (Å²) in [6.07, 6.45) is -0.858. The summed E-state index contributed by atoms with van der Waals surface area (Å²) >= 11 is 0. The molecule has 0 unspecified atom stereocenters. The molecule has 10 nitrogen and oxygen atoms in total. The minimum Gasteiger partial charge on any atom is -0.497 e. The van der Waals surface area contributed by atoms with Gasteiger partial charge in [-0.25, -0.2) is 0 Å². The Bertz CT molecular complexity index is 1410. The summed E-state index contributed by atoms with van der Waals surface area (Å²) < 4.78 is 11.3. The first kappa shape index (κ1) is 23.6. The monoisotopic (exact) mass is 491 g/mol. The number of hydrogen-bond acceptors (Lipinski definition) is 7. The fourth-order valence-corrected chi connectivity index (χ4v) is 4.72. The van der Waals surface area contributed by atoms with Crippen LogP contribution in [0.4, 0.5) is 0 Å². The number of methoxy groups -OCH3 is 1. The summed E-state index contributed by atoms with van der Waals surface area (Å²) in [7, 11) is 1.52. The quantitative estimate of drug-likeness (QED) is 0.426. The minimum absolute atomic E-state index is 0.0536. The van der Waals surface area contributed by atoms with Gasteiger partial charge in [0.1, 0.15) is 22.5 Å². The number of amides is 4. The predicted molar refractivity (Wildman–Crippen MR) is 127 cm³/mol. The molecule has 10 heteroatoms. The SMILES string of the molecule is COc1ccc2c(c1)C(=O)N(C[C@@]1(c3cc4ccc(C(=O)NC[C@@H](C)O)cc4o3)CC(=O)NC1=O)C2. The van der Waals surface area contributed by atoms with Gasteiger partial charge in [-0.2, -0.15) is 0 Å². The maximum Gasteiger partial charge on any atom is 0.254 e. The summed E-state index contributed by atoms with van der Waals surface area (Å²) in [5, 5.41) is 15.0. The average molecular weight is 492 g/mol. The van der Waals surface area contributed by atoms with Crippen LogP contribution < -0.4 is 15.4 Å². The minimum atomic E-state index is -1.41. The lowest BCUT2D eigenvalue weighted by atomic mass is 9.82. The highest BCUT2D eigenvalue weighted by atomic mass is 16.5. The van der Waals surface area contributed by atoms with Crippen molar-refractivity contribution in [1.82, 2.24) is 15.5 Å². The standard InChI is InChI=1S/C26H25N3O7/c1-14(30)11-27-23(32)16-4-3-15-8-21(36-20(15)7-16)26(10-22(31)28-25(26)34)13-29-12-17-5-6-18(35-2)9-19(17)24(29)33/h3-9,14,30H,10-13H2,1-2H3,(H,27,32)(H,28,31,34)/t14-,26-/m1/s1. The van der Waals surface area contributed by atoms with Gasteiger partial charge in [-0.15, -0.1) is 0 Å². The summed E-state index contributed by atoms with van der Waals surface area (Å²) in [5.41, 5.74) is 0.572. The predicted octanol–water partition coefficient (Wildman–Crippen LogP) is 1.49. The Morgan fingerprint density at radius 1 is 1.22 bits per heavy atom. The highest BCUT2D eigenvalue weighted by molar-refractivity contribution is 6.10. The van der Waals surface area contributed by atoms with Crippen molar-refractivity contribution in [2.24, 2.45) is 0 Å². The van der Waals surface area contributed by atoms with Crippen molar-refractivity contribution < 1.29 is 33.4 Å². The number of carbonyl (C=O) groups is 4. The van der Waals surface area contributed by atoms with Gasteiger partial charge in [0, 0.05) is 36.1 Å². The van der Waals surface area contributed by atoms with Crippen LogP contribution in [0.3, 0.4) is 0 Å². The van der Waals surface area contributed by atoms with E-state index in [1.165, 1.54) is 12.0 Å². The second-order valence-corrected chi connectivity index (χ2v) is 9.24. The summed E-state index contributed by atoms with van der Waals surface area (Å²) in [4.78, 5) is 52.6. The van der Waals surface area contributed by atoms with E-state index in [4.69, 9.17) is 9.15 Å². The van der Waals surface area contributed by atoms with Crippen LogP contribution in [0.5, 0.6) is 5.75 Å². The van der Waals surface area contributed by atoms with Crippen LogP contribution in [0.25, 0.3) is 11.0 Å². The van der Waals surface area contributed by atoms with Crippen LogP contribution >= 0.6 is 0 Å². The van der Waals surface area contributed by atoms with E-state index in [1.54, 1.807) is 43.3 Å². The fourth-order valence-electron chi connectivity index (χ4n) is 4.72. The second-order valence-electron chi connectivity index (χ2n) is 9.24. The van der Waals surface area contributed by atoms with Gasteiger partial charge in [-0.05, 0) is 42.8 Å². The number of furan rings is 1. The molecule has 0 bridgehead atoms. The zero-order valence-electron chi connectivity index (χ0n) is 19.8. The first-order valence-corrected chi connectivity index (χ1v) is 11.5. The number of benzene rings is 2. The molecule has 3 heterocycles. The maximum atomic E-state index is 13.2. The van der Waals surface area contributed by atoms with Gasteiger partial charge >= 0.3 is 0 Å². The molecule has 0 aliphatic carbocycles. The average Bonchev–Trinajstić information content (AvgIpc) is 3.50. The van der Waals surface area contributed by atoms with Gasteiger partial charge in [0.15, 0.2) is 0 Å². The van der Waals surface area contributed by atoms with Gasteiger partial charge in [-0.3, -0.25) is 24.5 Å². The fraction of sp³-hybridized carbons (Fsp3) is 0.308. The Kier molecular flexibility index (Phi) is 5.76. The molecule has 3 aromatic rings. The van der Waals surface area contributed by atoms with Crippen molar-refractivity contribution >= 4 is 34.6 Å². The van der Waals surface area contributed by atoms with E-state index < -0.39 is 23.3 Å². The van der Waals surface area contributed by atoms with E-state index in [9.17, 15) is 24.3 Å². The Labute approximate surface area is 206 Å². The van der Waals surface area contributed by atoms with Crippen LogP contribution in [-0.2, 0) is 21.5 Å². The van der Waals surface area contributed by atoms with E-state index in [1.807, 2.05) is 6.07 Å². The molecule has 36 heavy (non-hydrogen) atoms. The van der Waals surface area contributed by atoms with Crippen LogP contribution in [0.2, 0.25) is 0 Å². The summed E-state index contributed by atoms with van der Waals surface area (Å²) in [6.45, 7) is 1.90. The molecule has 0 spiro atoms. The molecule has 5 rings (SSSR count).